The van der Waals surface area contributed by atoms with Gasteiger partial charge in [-0.2, -0.15) is 0 Å². The second kappa shape index (κ2) is 4.22. The number of nitrogens with one attached hydrogen (secondary N) is 1. The zero-order chi connectivity index (χ0) is 11.7. The molecule has 1 aliphatic rings. The number of aromatic nitrogens is 1. The van der Waals surface area contributed by atoms with Crippen LogP contribution in [-0.4, -0.2) is 23.9 Å². The van der Waals surface area contributed by atoms with Gasteiger partial charge in [-0.1, -0.05) is 6.92 Å². The average molecular weight is 219 g/mol. The fourth-order valence-corrected chi connectivity index (χ4v) is 2.14. The molecule has 2 heterocycles. The van der Waals surface area contributed by atoms with Crippen LogP contribution in [0.5, 0.6) is 0 Å². The van der Waals surface area contributed by atoms with Crippen molar-refractivity contribution in [1.29, 1.82) is 0 Å². The van der Waals surface area contributed by atoms with Crippen molar-refractivity contribution in [2.24, 2.45) is 11.8 Å². The summed E-state index contributed by atoms with van der Waals surface area (Å²) >= 11 is 0. The lowest BCUT2D eigenvalue weighted by Gasteiger charge is -2.14. The van der Waals surface area contributed by atoms with Gasteiger partial charge in [-0.25, -0.2) is 4.98 Å². The first-order valence-electron chi connectivity index (χ1n) is 5.56. The summed E-state index contributed by atoms with van der Waals surface area (Å²) < 4.78 is 0. The largest absolute Gasteiger partial charge is 0.383 e. The van der Waals surface area contributed by atoms with Crippen molar-refractivity contribution in [2.75, 3.05) is 18.8 Å². The van der Waals surface area contributed by atoms with Gasteiger partial charge in [0.1, 0.15) is 5.82 Å². The number of nitrogen functional groups attached to an aromatic ring is 1. The summed E-state index contributed by atoms with van der Waals surface area (Å²) in [4.78, 5) is 16.3. The van der Waals surface area contributed by atoms with Crippen molar-refractivity contribution in [1.82, 2.24) is 10.3 Å². The minimum absolute atomic E-state index is 0.0332. The Morgan fingerprint density at radius 1 is 1.56 bits per heavy atom. The fraction of sp³-hybridized carbons (Fsp3) is 0.500. The SMILES string of the molecule is Cc1cnc(N)c(C(=O)C2CNCC2C)c1. The third-order valence-electron chi connectivity index (χ3n) is 3.17. The molecule has 0 radical (unpaired) electrons. The molecule has 4 heteroatoms. The van der Waals surface area contributed by atoms with E-state index in [2.05, 4.69) is 17.2 Å². The van der Waals surface area contributed by atoms with E-state index in [-0.39, 0.29) is 11.7 Å². The highest BCUT2D eigenvalue weighted by molar-refractivity contribution is 6.02. The summed E-state index contributed by atoms with van der Waals surface area (Å²) in [7, 11) is 0. The lowest BCUT2D eigenvalue weighted by molar-refractivity contribution is 0.0908. The van der Waals surface area contributed by atoms with Crippen LogP contribution in [0, 0.1) is 18.8 Å². The number of Topliss-reactive ketones (excluding diaryl/α,β-unsaturated/α-hetero) is 1. The Hall–Kier alpha value is -1.42. The number of hydrogen-bond acceptors (Lipinski definition) is 4. The number of hydrogen-bond donors (Lipinski definition) is 2. The first-order chi connectivity index (χ1) is 7.59. The van der Waals surface area contributed by atoms with Crippen LogP contribution in [0.2, 0.25) is 0 Å². The Morgan fingerprint density at radius 2 is 2.31 bits per heavy atom. The van der Waals surface area contributed by atoms with Crippen LogP contribution < -0.4 is 11.1 Å². The van der Waals surface area contributed by atoms with Crippen LogP contribution in [0.3, 0.4) is 0 Å². The lowest BCUT2D eigenvalue weighted by atomic mass is 9.89. The van der Waals surface area contributed by atoms with Crippen molar-refractivity contribution in [3.8, 4) is 0 Å². The zero-order valence-electron chi connectivity index (χ0n) is 9.66. The van der Waals surface area contributed by atoms with Crippen LogP contribution in [0.1, 0.15) is 22.8 Å². The number of aryl methyl sites for hydroxylation is 1. The normalized spacial score (nSPS) is 24.6. The molecule has 3 N–H and O–H groups in total. The van der Waals surface area contributed by atoms with Gasteiger partial charge in [-0.15, -0.1) is 0 Å². The molecule has 0 bridgehead atoms. The zero-order valence-corrected chi connectivity index (χ0v) is 9.66. The first-order valence-corrected chi connectivity index (χ1v) is 5.56. The van der Waals surface area contributed by atoms with Gasteiger partial charge >= 0.3 is 0 Å². The van der Waals surface area contributed by atoms with Gasteiger partial charge in [-0.05, 0) is 31.0 Å². The van der Waals surface area contributed by atoms with E-state index in [1.165, 1.54) is 0 Å². The van der Waals surface area contributed by atoms with Gasteiger partial charge in [0.05, 0.1) is 5.56 Å². The maximum absolute atomic E-state index is 12.3. The third kappa shape index (κ3) is 1.93. The van der Waals surface area contributed by atoms with E-state index in [1.807, 2.05) is 13.0 Å². The van der Waals surface area contributed by atoms with Crippen molar-refractivity contribution in [3.63, 3.8) is 0 Å². The predicted molar refractivity (Wildman–Crippen MR) is 63.2 cm³/mol. The molecule has 1 fully saturated rings. The minimum atomic E-state index is 0.0332. The molecule has 1 saturated heterocycles. The van der Waals surface area contributed by atoms with Crippen molar-refractivity contribution >= 4 is 11.6 Å². The molecule has 1 aliphatic heterocycles. The summed E-state index contributed by atoms with van der Waals surface area (Å²) in [5.41, 5.74) is 7.29. The molecule has 0 aliphatic carbocycles. The maximum atomic E-state index is 12.3. The van der Waals surface area contributed by atoms with E-state index in [1.54, 1.807) is 6.20 Å². The van der Waals surface area contributed by atoms with Gasteiger partial charge in [0.2, 0.25) is 0 Å². The molecule has 86 valence electrons. The van der Waals surface area contributed by atoms with Gasteiger partial charge < -0.3 is 11.1 Å². The highest BCUT2D eigenvalue weighted by atomic mass is 16.1. The second-order valence-corrected chi connectivity index (χ2v) is 4.55. The molecular weight excluding hydrogens is 202 g/mol. The number of rotatable bonds is 2. The third-order valence-corrected chi connectivity index (χ3v) is 3.17. The molecule has 4 nitrogen and oxygen atoms in total. The molecule has 0 amide bonds. The van der Waals surface area contributed by atoms with E-state index in [4.69, 9.17) is 5.73 Å². The minimum Gasteiger partial charge on any atom is -0.383 e. The number of anilines is 1. The molecule has 0 aromatic carbocycles. The Labute approximate surface area is 95.3 Å². The Balaban J connectivity index is 2.29. The van der Waals surface area contributed by atoms with Gasteiger partial charge in [0.25, 0.3) is 0 Å². The highest BCUT2D eigenvalue weighted by Gasteiger charge is 2.31. The van der Waals surface area contributed by atoms with E-state index in [0.29, 0.717) is 17.3 Å². The number of nitrogens with zero attached hydrogens (tertiary/aromatic N) is 1. The Morgan fingerprint density at radius 3 is 2.94 bits per heavy atom. The van der Waals surface area contributed by atoms with E-state index in [9.17, 15) is 4.79 Å². The van der Waals surface area contributed by atoms with Crippen molar-refractivity contribution in [2.45, 2.75) is 13.8 Å². The molecule has 2 unspecified atom stereocenters. The molecule has 1 aromatic heterocycles. The number of carbonyl (C=O) groups excluding carboxylic acids is 1. The Bertz CT molecular complexity index is 417. The molecule has 2 rings (SSSR count). The van der Waals surface area contributed by atoms with Gasteiger partial charge in [0, 0.05) is 18.7 Å². The molecule has 1 aromatic rings. The number of pyridine rings is 1. The van der Waals surface area contributed by atoms with Gasteiger partial charge in [-0.3, -0.25) is 4.79 Å². The van der Waals surface area contributed by atoms with E-state index < -0.39 is 0 Å². The summed E-state index contributed by atoms with van der Waals surface area (Å²) in [6.07, 6.45) is 1.68. The summed E-state index contributed by atoms with van der Waals surface area (Å²) in [6.45, 7) is 5.64. The first kappa shape index (κ1) is 11.1. The molecule has 2 atom stereocenters. The smallest absolute Gasteiger partial charge is 0.171 e. The molecule has 16 heavy (non-hydrogen) atoms. The van der Waals surface area contributed by atoms with Crippen LogP contribution in [0.15, 0.2) is 12.3 Å². The summed E-state index contributed by atoms with van der Waals surface area (Å²) in [5, 5.41) is 3.22. The maximum Gasteiger partial charge on any atom is 0.171 e. The molecule has 0 spiro atoms. The molecular formula is C12H17N3O. The van der Waals surface area contributed by atoms with Gasteiger partial charge in [0.15, 0.2) is 5.78 Å². The Kier molecular flexibility index (Phi) is 2.92. The van der Waals surface area contributed by atoms with E-state index >= 15 is 0 Å². The standard InChI is InChI=1S/C12H17N3O/c1-7-3-9(12(13)15-4-7)11(16)10-6-14-5-8(10)2/h3-4,8,10,14H,5-6H2,1-2H3,(H2,13,15). The van der Waals surface area contributed by atoms with E-state index in [0.717, 1.165) is 18.7 Å². The monoisotopic (exact) mass is 219 g/mol. The summed E-state index contributed by atoms with van der Waals surface area (Å²) in [5.74, 6) is 0.860. The topological polar surface area (TPSA) is 68.0 Å². The van der Waals surface area contributed by atoms with Crippen LogP contribution >= 0.6 is 0 Å². The lowest BCUT2D eigenvalue weighted by Crippen LogP contribution is -2.22. The summed E-state index contributed by atoms with van der Waals surface area (Å²) in [6, 6.07) is 1.83. The predicted octanol–water partition coefficient (Wildman–Crippen LogP) is 1.01. The van der Waals surface area contributed by atoms with Crippen molar-refractivity contribution in [3.05, 3.63) is 23.4 Å². The number of nitrogens with two attached hydrogens (primary N) is 1. The quantitative estimate of drug-likeness (QED) is 0.728. The molecule has 0 saturated carbocycles. The van der Waals surface area contributed by atoms with Crippen molar-refractivity contribution < 1.29 is 4.79 Å². The van der Waals surface area contributed by atoms with Crippen LogP contribution in [-0.2, 0) is 0 Å². The second-order valence-electron chi connectivity index (χ2n) is 4.55. The number of ketones is 1. The average Bonchev–Trinajstić information content (AvgIpc) is 2.67. The van der Waals surface area contributed by atoms with Crippen LogP contribution in [0.4, 0.5) is 5.82 Å². The fourth-order valence-electron chi connectivity index (χ4n) is 2.14. The van der Waals surface area contributed by atoms with Crippen LogP contribution in [0.25, 0.3) is 0 Å². The highest BCUT2D eigenvalue weighted by Crippen LogP contribution is 2.23. The number of carbonyl (C=O) groups is 1.